The van der Waals surface area contributed by atoms with E-state index < -0.39 is 0 Å². The lowest BCUT2D eigenvalue weighted by Gasteiger charge is -2.17. The zero-order valence-electron chi connectivity index (χ0n) is 12.8. The smallest absolute Gasteiger partial charge is 0.315 e. The lowest BCUT2D eigenvalue weighted by Crippen LogP contribution is -2.43. The van der Waals surface area contributed by atoms with Crippen molar-refractivity contribution < 1.29 is 9.90 Å². The fourth-order valence-corrected chi connectivity index (χ4v) is 2.10. The van der Waals surface area contributed by atoms with Gasteiger partial charge in [0.15, 0.2) is 0 Å². The van der Waals surface area contributed by atoms with E-state index in [2.05, 4.69) is 15.6 Å². The number of aromatic nitrogens is 1. The number of nitrogens with zero attached hydrogens (tertiary/aromatic N) is 1. The summed E-state index contributed by atoms with van der Waals surface area (Å²) in [6, 6.07) is 11.3. The summed E-state index contributed by atoms with van der Waals surface area (Å²) in [4.78, 5) is 15.8. The van der Waals surface area contributed by atoms with Gasteiger partial charge in [-0.15, -0.1) is 0 Å². The molecular formula is C17H21N3O2. The van der Waals surface area contributed by atoms with E-state index in [1.165, 1.54) is 0 Å². The summed E-state index contributed by atoms with van der Waals surface area (Å²) < 4.78 is 0. The van der Waals surface area contributed by atoms with E-state index in [0.29, 0.717) is 0 Å². The molecule has 3 N–H and O–H groups in total. The van der Waals surface area contributed by atoms with Crippen LogP contribution in [-0.2, 0) is 0 Å². The van der Waals surface area contributed by atoms with Crippen LogP contribution in [0.25, 0.3) is 11.1 Å². The number of pyridine rings is 1. The Labute approximate surface area is 130 Å². The summed E-state index contributed by atoms with van der Waals surface area (Å²) in [7, 11) is 0. The Balaban J connectivity index is 1.99. The van der Waals surface area contributed by atoms with Crippen LogP contribution in [0.4, 0.5) is 4.79 Å². The highest BCUT2D eigenvalue weighted by Gasteiger charge is 2.11. The number of carbonyl (C=O) groups excluding carboxylic acids is 1. The summed E-state index contributed by atoms with van der Waals surface area (Å²) in [5.41, 5.74) is 3.23. The Hall–Kier alpha value is -2.40. The second kappa shape index (κ2) is 7.56. The zero-order valence-corrected chi connectivity index (χ0v) is 12.8. The van der Waals surface area contributed by atoms with Crippen LogP contribution in [0.3, 0.4) is 0 Å². The van der Waals surface area contributed by atoms with Gasteiger partial charge < -0.3 is 15.7 Å². The summed E-state index contributed by atoms with van der Waals surface area (Å²) in [6.45, 7) is 3.58. The summed E-state index contributed by atoms with van der Waals surface area (Å²) in [5.74, 6) is 0. The van der Waals surface area contributed by atoms with Crippen LogP contribution in [0.1, 0.15) is 25.5 Å². The van der Waals surface area contributed by atoms with Gasteiger partial charge >= 0.3 is 6.03 Å². The van der Waals surface area contributed by atoms with Gasteiger partial charge in [-0.2, -0.15) is 0 Å². The van der Waals surface area contributed by atoms with Crippen molar-refractivity contribution in [1.29, 1.82) is 0 Å². The number of benzene rings is 1. The molecule has 5 heteroatoms. The number of urea groups is 1. The minimum absolute atomic E-state index is 0.0809. The Bertz CT molecular complexity index is 599. The molecule has 1 aromatic carbocycles. The molecule has 0 saturated carbocycles. The predicted octanol–water partition coefficient (Wildman–Crippen LogP) is 2.49. The van der Waals surface area contributed by atoms with Crippen LogP contribution in [0, 0.1) is 0 Å². The third-order valence-corrected chi connectivity index (χ3v) is 3.42. The maximum atomic E-state index is 11.7. The first kappa shape index (κ1) is 16.0. The Morgan fingerprint density at radius 3 is 2.23 bits per heavy atom. The monoisotopic (exact) mass is 299 g/mol. The largest absolute Gasteiger partial charge is 0.394 e. The van der Waals surface area contributed by atoms with Crippen LogP contribution in [0.2, 0.25) is 0 Å². The molecule has 0 aliphatic carbocycles. The number of rotatable bonds is 5. The highest BCUT2D eigenvalue weighted by molar-refractivity contribution is 5.74. The van der Waals surface area contributed by atoms with Gasteiger partial charge in [0.05, 0.1) is 18.7 Å². The number of aliphatic hydroxyl groups is 1. The van der Waals surface area contributed by atoms with Crippen LogP contribution in [0.5, 0.6) is 0 Å². The van der Waals surface area contributed by atoms with Gasteiger partial charge in [-0.3, -0.25) is 4.98 Å². The minimum Gasteiger partial charge on any atom is -0.394 e. The maximum Gasteiger partial charge on any atom is 0.315 e. The molecule has 2 rings (SSSR count). The van der Waals surface area contributed by atoms with E-state index in [1.807, 2.05) is 43.3 Å². The van der Waals surface area contributed by atoms with Crippen molar-refractivity contribution in [3.05, 3.63) is 54.4 Å². The molecule has 2 unspecified atom stereocenters. The van der Waals surface area contributed by atoms with Gasteiger partial charge in [0.2, 0.25) is 0 Å². The molecular weight excluding hydrogens is 278 g/mol. The quantitative estimate of drug-likeness (QED) is 0.794. The van der Waals surface area contributed by atoms with Crippen molar-refractivity contribution in [1.82, 2.24) is 15.6 Å². The number of hydrogen-bond donors (Lipinski definition) is 3. The molecule has 0 aliphatic heterocycles. The minimum atomic E-state index is -0.285. The lowest BCUT2D eigenvalue weighted by molar-refractivity contribution is 0.218. The van der Waals surface area contributed by atoms with Crippen molar-refractivity contribution >= 4 is 6.03 Å². The molecule has 2 amide bonds. The standard InChI is InChI=1S/C17H21N3O2/c1-12(11-21)19-17(22)20-13(2)14-3-5-15(6-4-14)16-7-9-18-10-8-16/h3-10,12-13,21H,11H2,1-2H3,(H2,19,20,22). The van der Waals surface area contributed by atoms with Crippen molar-refractivity contribution in [2.45, 2.75) is 25.9 Å². The van der Waals surface area contributed by atoms with Crippen molar-refractivity contribution in [2.24, 2.45) is 0 Å². The predicted molar refractivity (Wildman–Crippen MR) is 86.3 cm³/mol. The normalized spacial score (nSPS) is 13.2. The summed E-state index contributed by atoms with van der Waals surface area (Å²) in [5, 5.41) is 14.4. The molecule has 5 nitrogen and oxygen atoms in total. The molecule has 0 spiro atoms. The maximum absolute atomic E-state index is 11.7. The molecule has 2 atom stereocenters. The summed E-state index contributed by atoms with van der Waals surface area (Å²) >= 11 is 0. The van der Waals surface area contributed by atoms with Gasteiger partial charge in [0.1, 0.15) is 0 Å². The van der Waals surface area contributed by atoms with E-state index in [9.17, 15) is 4.79 Å². The molecule has 116 valence electrons. The van der Waals surface area contributed by atoms with Crippen molar-refractivity contribution in [3.63, 3.8) is 0 Å². The van der Waals surface area contributed by atoms with E-state index in [-0.39, 0.29) is 24.7 Å². The molecule has 0 aliphatic rings. The third kappa shape index (κ3) is 4.30. The van der Waals surface area contributed by atoms with Crippen LogP contribution >= 0.6 is 0 Å². The topological polar surface area (TPSA) is 74.2 Å². The van der Waals surface area contributed by atoms with Crippen molar-refractivity contribution in [3.8, 4) is 11.1 Å². The van der Waals surface area contributed by atoms with Crippen LogP contribution in [0.15, 0.2) is 48.8 Å². The third-order valence-electron chi connectivity index (χ3n) is 3.42. The highest BCUT2D eigenvalue weighted by Crippen LogP contribution is 2.21. The molecule has 1 aromatic heterocycles. The Kier molecular flexibility index (Phi) is 5.49. The fraction of sp³-hybridized carbons (Fsp3) is 0.294. The van der Waals surface area contributed by atoms with Crippen molar-refractivity contribution in [2.75, 3.05) is 6.61 Å². The van der Waals surface area contributed by atoms with Crippen LogP contribution < -0.4 is 10.6 Å². The van der Waals surface area contributed by atoms with E-state index in [4.69, 9.17) is 5.11 Å². The van der Waals surface area contributed by atoms with Gasteiger partial charge in [0.25, 0.3) is 0 Å². The first-order valence-corrected chi connectivity index (χ1v) is 7.28. The van der Waals surface area contributed by atoms with Gasteiger partial charge in [-0.25, -0.2) is 4.79 Å². The molecule has 1 heterocycles. The molecule has 0 bridgehead atoms. The van der Waals surface area contributed by atoms with E-state index in [0.717, 1.165) is 16.7 Å². The number of aliphatic hydroxyl groups excluding tert-OH is 1. The molecule has 0 fully saturated rings. The number of amides is 2. The second-order valence-electron chi connectivity index (χ2n) is 5.28. The van der Waals surface area contributed by atoms with Gasteiger partial charge in [0, 0.05) is 12.4 Å². The average Bonchev–Trinajstić information content (AvgIpc) is 2.55. The molecule has 2 aromatic rings. The Morgan fingerprint density at radius 2 is 1.64 bits per heavy atom. The molecule has 0 saturated heterocycles. The average molecular weight is 299 g/mol. The number of hydrogen-bond acceptors (Lipinski definition) is 3. The first-order valence-electron chi connectivity index (χ1n) is 7.28. The van der Waals surface area contributed by atoms with E-state index in [1.54, 1.807) is 19.3 Å². The van der Waals surface area contributed by atoms with Gasteiger partial charge in [-0.05, 0) is 42.7 Å². The summed E-state index contributed by atoms with van der Waals surface area (Å²) in [6.07, 6.45) is 3.53. The first-order chi connectivity index (χ1) is 10.6. The molecule has 0 radical (unpaired) electrons. The number of carbonyl (C=O) groups is 1. The SMILES string of the molecule is CC(CO)NC(=O)NC(C)c1ccc(-c2ccncc2)cc1. The van der Waals surface area contributed by atoms with E-state index >= 15 is 0 Å². The highest BCUT2D eigenvalue weighted by atomic mass is 16.3. The Morgan fingerprint density at radius 1 is 1.05 bits per heavy atom. The lowest BCUT2D eigenvalue weighted by atomic mass is 10.0. The second-order valence-corrected chi connectivity index (χ2v) is 5.28. The fourth-order valence-electron chi connectivity index (χ4n) is 2.10. The van der Waals surface area contributed by atoms with Crippen LogP contribution in [-0.4, -0.2) is 28.8 Å². The molecule has 22 heavy (non-hydrogen) atoms. The number of nitrogens with one attached hydrogen (secondary N) is 2. The zero-order chi connectivity index (χ0) is 15.9. The van der Waals surface area contributed by atoms with Gasteiger partial charge in [-0.1, -0.05) is 24.3 Å².